The normalized spacial score (nSPS) is 11.6. The Hall–Kier alpha value is -2.87. The Balaban J connectivity index is 1.69. The molecule has 0 fully saturated rings. The molecule has 1 N–H and O–H groups in total. The third-order valence-corrected chi connectivity index (χ3v) is 4.12. The lowest BCUT2D eigenvalue weighted by atomic mass is 10.2. The van der Waals surface area contributed by atoms with Gasteiger partial charge in [-0.05, 0) is 24.3 Å². The van der Waals surface area contributed by atoms with E-state index in [2.05, 4.69) is 46.6 Å². The van der Waals surface area contributed by atoms with Gasteiger partial charge in [0.25, 0.3) is 5.95 Å². The third kappa shape index (κ3) is 2.61. The Labute approximate surface area is 145 Å². The van der Waals surface area contributed by atoms with Crippen LogP contribution in [0.2, 0.25) is 0 Å². The number of fused-ring (bicyclic) bond motifs is 3. The van der Waals surface area contributed by atoms with E-state index in [1.807, 2.05) is 41.9 Å². The van der Waals surface area contributed by atoms with Crippen LogP contribution in [0.1, 0.15) is 5.56 Å². The van der Waals surface area contributed by atoms with Crippen LogP contribution in [0, 0.1) is 0 Å². The minimum absolute atomic E-state index is 0.340. The average Bonchev–Trinajstić information content (AvgIpc) is 2.88. The van der Waals surface area contributed by atoms with E-state index in [-0.39, 0.29) is 0 Å². The Kier molecular flexibility index (Phi) is 3.66. The van der Waals surface area contributed by atoms with Gasteiger partial charge in [-0.1, -0.05) is 22.0 Å². The second-order valence-electron chi connectivity index (χ2n) is 5.18. The molecule has 0 aliphatic rings. The molecule has 0 saturated carbocycles. The smallest absolute Gasteiger partial charge is 0.265 e. The highest BCUT2D eigenvalue weighted by molar-refractivity contribution is 9.10. The molecule has 4 aromatic rings. The first kappa shape index (κ1) is 14.7. The highest BCUT2D eigenvalue weighted by Crippen LogP contribution is 2.27. The van der Waals surface area contributed by atoms with Crippen molar-refractivity contribution < 1.29 is 0 Å². The average molecular weight is 382 g/mol. The summed E-state index contributed by atoms with van der Waals surface area (Å²) in [5, 5.41) is 13.5. The number of nitrogens with one attached hydrogen (secondary N) is 1. The monoisotopic (exact) mass is 381 g/mol. The molecule has 0 spiro atoms. The predicted octanol–water partition coefficient (Wildman–Crippen LogP) is 3.12. The lowest BCUT2D eigenvalue weighted by Gasteiger charge is -1.99. The number of anilines is 1. The standard InChI is InChI=1S/C16H12BrN7/c1-24-13-5-4-11(17)7-12(13)14-15(24)20-16(23-21-14)22-19-9-10-3-2-6-18-8-10/h2-9H,1H3,(H,20,22,23)/b19-9+. The van der Waals surface area contributed by atoms with Crippen LogP contribution in [-0.4, -0.2) is 30.9 Å². The van der Waals surface area contributed by atoms with E-state index >= 15 is 0 Å². The fourth-order valence-electron chi connectivity index (χ4n) is 2.49. The summed E-state index contributed by atoms with van der Waals surface area (Å²) >= 11 is 3.48. The number of pyridine rings is 1. The lowest BCUT2D eigenvalue weighted by molar-refractivity contribution is 0.949. The van der Waals surface area contributed by atoms with Crippen molar-refractivity contribution >= 4 is 50.2 Å². The van der Waals surface area contributed by atoms with Crippen molar-refractivity contribution in [3.8, 4) is 0 Å². The fourth-order valence-corrected chi connectivity index (χ4v) is 2.86. The summed E-state index contributed by atoms with van der Waals surface area (Å²) in [5.74, 6) is 0.340. The third-order valence-electron chi connectivity index (χ3n) is 3.62. The lowest BCUT2D eigenvalue weighted by Crippen LogP contribution is -2.00. The van der Waals surface area contributed by atoms with E-state index in [4.69, 9.17) is 0 Å². The Morgan fingerprint density at radius 3 is 3.00 bits per heavy atom. The number of aromatic nitrogens is 5. The zero-order valence-corrected chi connectivity index (χ0v) is 14.3. The summed E-state index contributed by atoms with van der Waals surface area (Å²) in [6.07, 6.45) is 5.08. The quantitative estimate of drug-likeness (QED) is 0.435. The summed E-state index contributed by atoms with van der Waals surface area (Å²) in [5.41, 5.74) is 6.24. The van der Waals surface area contributed by atoms with Gasteiger partial charge in [0.2, 0.25) is 0 Å². The summed E-state index contributed by atoms with van der Waals surface area (Å²) in [6.45, 7) is 0. The van der Waals surface area contributed by atoms with Crippen LogP contribution in [0.5, 0.6) is 0 Å². The van der Waals surface area contributed by atoms with E-state index in [9.17, 15) is 0 Å². The molecule has 1 aromatic carbocycles. The maximum Gasteiger partial charge on any atom is 0.265 e. The first-order valence-electron chi connectivity index (χ1n) is 7.20. The van der Waals surface area contributed by atoms with Crippen LogP contribution in [0.25, 0.3) is 22.1 Å². The molecule has 0 radical (unpaired) electrons. The molecule has 0 bridgehead atoms. The highest BCUT2D eigenvalue weighted by atomic mass is 79.9. The van der Waals surface area contributed by atoms with E-state index < -0.39 is 0 Å². The summed E-state index contributed by atoms with van der Waals surface area (Å²) in [6, 6.07) is 9.78. The molecule has 3 aromatic heterocycles. The molecule has 8 heteroatoms. The Morgan fingerprint density at radius 2 is 2.17 bits per heavy atom. The minimum atomic E-state index is 0.340. The van der Waals surface area contributed by atoms with Crippen molar-refractivity contribution in [1.82, 2.24) is 24.7 Å². The first-order chi connectivity index (χ1) is 11.7. The number of benzene rings is 1. The van der Waals surface area contributed by atoms with Gasteiger partial charge in [0.05, 0.1) is 11.7 Å². The van der Waals surface area contributed by atoms with Gasteiger partial charge < -0.3 is 4.57 Å². The van der Waals surface area contributed by atoms with E-state index in [0.717, 1.165) is 32.1 Å². The Morgan fingerprint density at radius 1 is 1.25 bits per heavy atom. The number of halogens is 1. The topological polar surface area (TPSA) is 80.9 Å². The van der Waals surface area contributed by atoms with E-state index in [0.29, 0.717) is 5.95 Å². The molecule has 24 heavy (non-hydrogen) atoms. The van der Waals surface area contributed by atoms with E-state index in [1.165, 1.54) is 0 Å². The summed E-state index contributed by atoms with van der Waals surface area (Å²) in [4.78, 5) is 8.53. The molecular formula is C16H12BrN7. The number of hydrazone groups is 1. The van der Waals surface area contributed by atoms with Gasteiger partial charge in [0.15, 0.2) is 5.65 Å². The van der Waals surface area contributed by atoms with Crippen LogP contribution in [0.15, 0.2) is 52.3 Å². The van der Waals surface area contributed by atoms with Gasteiger partial charge in [-0.2, -0.15) is 10.1 Å². The van der Waals surface area contributed by atoms with Crippen molar-refractivity contribution in [3.05, 3.63) is 52.8 Å². The zero-order chi connectivity index (χ0) is 16.5. The number of nitrogens with zero attached hydrogens (tertiary/aromatic N) is 6. The molecule has 0 saturated heterocycles. The van der Waals surface area contributed by atoms with Crippen LogP contribution in [0.4, 0.5) is 5.95 Å². The molecule has 0 aliphatic carbocycles. The maximum atomic E-state index is 4.51. The number of hydrogen-bond acceptors (Lipinski definition) is 6. The summed E-state index contributed by atoms with van der Waals surface area (Å²) in [7, 11) is 1.95. The van der Waals surface area contributed by atoms with Gasteiger partial charge in [-0.3, -0.25) is 4.98 Å². The molecule has 7 nitrogen and oxygen atoms in total. The van der Waals surface area contributed by atoms with Gasteiger partial charge in [0.1, 0.15) is 5.52 Å². The van der Waals surface area contributed by atoms with Crippen molar-refractivity contribution in [2.75, 3.05) is 5.43 Å². The largest absolute Gasteiger partial charge is 0.327 e. The second-order valence-corrected chi connectivity index (χ2v) is 6.10. The maximum absolute atomic E-state index is 4.51. The summed E-state index contributed by atoms with van der Waals surface area (Å²) < 4.78 is 2.98. The number of aryl methyl sites for hydroxylation is 1. The predicted molar refractivity (Wildman–Crippen MR) is 97.0 cm³/mol. The minimum Gasteiger partial charge on any atom is -0.327 e. The van der Waals surface area contributed by atoms with Gasteiger partial charge in [-0.15, -0.1) is 10.2 Å². The van der Waals surface area contributed by atoms with Crippen molar-refractivity contribution in [2.45, 2.75) is 0 Å². The SMILES string of the molecule is Cn1c2ccc(Br)cc2c2nnc(N/N=C/c3cccnc3)nc21. The molecule has 0 atom stereocenters. The van der Waals surface area contributed by atoms with Gasteiger partial charge in [-0.25, -0.2) is 5.43 Å². The molecule has 4 rings (SSSR count). The van der Waals surface area contributed by atoms with Crippen molar-refractivity contribution in [3.63, 3.8) is 0 Å². The van der Waals surface area contributed by atoms with Crippen molar-refractivity contribution in [2.24, 2.45) is 12.1 Å². The van der Waals surface area contributed by atoms with Crippen LogP contribution >= 0.6 is 15.9 Å². The van der Waals surface area contributed by atoms with E-state index in [1.54, 1.807) is 18.6 Å². The highest BCUT2D eigenvalue weighted by Gasteiger charge is 2.12. The molecule has 118 valence electrons. The number of hydrogen-bond donors (Lipinski definition) is 1. The fraction of sp³-hybridized carbons (Fsp3) is 0.0625. The second kappa shape index (κ2) is 5.97. The molecule has 3 heterocycles. The van der Waals surface area contributed by atoms with Crippen LogP contribution < -0.4 is 5.43 Å². The zero-order valence-electron chi connectivity index (χ0n) is 12.7. The van der Waals surface area contributed by atoms with Crippen molar-refractivity contribution in [1.29, 1.82) is 0 Å². The number of rotatable bonds is 3. The van der Waals surface area contributed by atoms with Crippen LogP contribution in [0.3, 0.4) is 0 Å². The molecule has 0 unspecified atom stereocenters. The molecule has 0 aliphatic heterocycles. The van der Waals surface area contributed by atoms with Crippen LogP contribution in [-0.2, 0) is 7.05 Å². The van der Waals surface area contributed by atoms with Gasteiger partial charge >= 0.3 is 0 Å². The first-order valence-corrected chi connectivity index (χ1v) is 7.99. The molecular weight excluding hydrogens is 370 g/mol. The molecule has 0 amide bonds. The van der Waals surface area contributed by atoms with Gasteiger partial charge in [0, 0.05) is 34.9 Å². The Bertz CT molecular complexity index is 1060.